The van der Waals surface area contributed by atoms with E-state index in [1.807, 2.05) is 4.90 Å². The summed E-state index contributed by atoms with van der Waals surface area (Å²) in [4.78, 5) is 14.0. The Hall–Kier alpha value is -0.970. The van der Waals surface area contributed by atoms with Crippen LogP contribution in [0.25, 0.3) is 0 Å². The van der Waals surface area contributed by atoms with Crippen molar-refractivity contribution in [3.8, 4) is 12.3 Å². The Morgan fingerprint density at radius 3 is 2.60 bits per heavy atom. The molecule has 1 fully saturated rings. The van der Waals surface area contributed by atoms with Crippen molar-refractivity contribution in [2.24, 2.45) is 5.92 Å². The number of terminal acetylenes is 1. The standard InChI is InChI=1S/C13H21NO/c1-3-10-14(11-4-2)13(15)12-8-6-5-7-9-12/h1,12H,4-11H2,2H3. The first-order valence-electron chi connectivity index (χ1n) is 6.01. The minimum atomic E-state index is 0.249. The molecule has 0 aromatic carbocycles. The molecule has 2 nitrogen and oxygen atoms in total. The first-order chi connectivity index (χ1) is 7.29. The molecule has 0 aromatic rings. The van der Waals surface area contributed by atoms with E-state index in [-0.39, 0.29) is 11.8 Å². The number of hydrogen-bond donors (Lipinski definition) is 0. The summed E-state index contributed by atoms with van der Waals surface area (Å²) in [6, 6.07) is 0. The third-order valence-corrected chi connectivity index (χ3v) is 3.04. The van der Waals surface area contributed by atoms with Gasteiger partial charge in [-0.3, -0.25) is 4.79 Å². The van der Waals surface area contributed by atoms with Gasteiger partial charge in [-0.15, -0.1) is 6.42 Å². The fourth-order valence-corrected chi connectivity index (χ4v) is 2.26. The summed E-state index contributed by atoms with van der Waals surface area (Å²) in [5, 5.41) is 0. The number of rotatable bonds is 4. The van der Waals surface area contributed by atoms with Crippen LogP contribution < -0.4 is 0 Å². The van der Waals surface area contributed by atoms with E-state index < -0.39 is 0 Å². The van der Waals surface area contributed by atoms with Gasteiger partial charge in [-0.1, -0.05) is 32.1 Å². The summed E-state index contributed by atoms with van der Waals surface area (Å²) in [6.07, 6.45) is 12.1. The average Bonchev–Trinajstić information content (AvgIpc) is 2.29. The second-order valence-electron chi connectivity index (χ2n) is 4.30. The average molecular weight is 207 g/mol. The molecular formula is C13H21NO. The number of hydrogen-bond acceptors (Lipinski definition) is 1. The van der Waals surface area contributed by atoms with Crippen LogP contribution in [-0.4, -0.2) is 23.9 Å². The van der Waals surface area contributed by atoms with Gasteiger partial charge in [0.1, 0.15) is 0 Å². The molecule has 84 valence electrons. The van der Waals surface area contributed by atoms with Crippen molar-refractivity contribution in [1.82, 2.24) is 4.90 Å². The highest BCUT2D eigenvalue weighted by atomic mass is 16.2. The van der Waals surface area contributed by atoms with Crippen molar-refractivity contribution < 1.29 is 4.79 Å². The minimum absolute atomic E-state index is 0.249. The SMILES string of the molecule is C#CCN(CCC)C(=O)C1CCCCC1. The van der Waals surface area contributed by atoms with E-state index >= 15 is 0 Å². The van der Waals surface area contributed by atoms with Gasteiger partial charge in [0.25, 0.3) is 0 Å². The van der Waals surface area contributed by atoms with Gasteiger partial charge in [0, 0.05) is 12.5 Å². The van der Waals surface area contributed by atoms with Gasteiger partial charge < -0.3 is 4.90 Å². The van der Waals surface area contributed by atoms with E-state index in [1.165, 1.54) is 19.3 Å². The Morgan fingerprint density at radius 2 is 2.07 bits per heavy atom. The highest BCUT2D eigenvalue weighted by Gasteiger charge is 2.24. The molecule has 1 aliphatic rings. The van der Waals surface area contributed by atoms with Crippen molar-refractivity contribution >= 4 is 5.91 Å². The normalized spacial score (nSPS) is 17.1. The van der Waals surface area contributed by atoms with Crippen LogP contribution in [0.1, 0.15) is 45.4 Å². The highest BCUT2D eigenvalue weighted by Crippen LogP contribution is 2.25. The lowest BCUT2D eigenvalue weighted by Crippen LogP contribution is -2.37. The van der Waals surface area contributed by atoms with E-state index in [9.17, 15) is 4.79 Å². The summed E-state index contributed by atoms with van der Waals surface area (Å²) in [6.45, 7) is 3.36. The second-order valence-corrected chi connectivity index (χ2v) is 4.30. The summed E-state index contributed by atoms with van der Waals surface area (Å²) < 4.78 is 0. The summed E-state index contributed by atoms with van der Waals surface area (Å²) >= 11 is 0. The zero-order valence-corrected chi connectivity index (χ0v) is 9.67. The van der Waals surface area contributed by atoms with E-state index in [0.29, 0.717) is 6.54 Å². The molecule has 0 aromatic heterocycles. The van der Waals surface area contributed by atoms with Crippen molar-refractivity contribution in [1.29, 1.82) is 0 Å². The van der Waals surface area contributed by atoms with Gasteiger partial charge in [0.2, 0.25) is 5.91 Å². The topological polar surface area (TPSA) is 20.3 Å². The van der Waals surface area contributed by atoms with E-state index in [2.05, 4.69) is 12.8 Å². The lowest BCUT2D eigenvalue weighted by molar-refractivity contribution is -0.135. The van der Waals surface area contributed by atoms with Crippen LogP contribution in [0.2, 0.25) is 0 Å². The zero-order valence-electron chi connectivity index (χ0n) is 9.67. The van der Waals surface area contributed by atoms with Crippen molar-refractivity contribution in [2.75, 3.05) is 13.1 Å². The van der Waals surface area contributed by atoms with Crippen LogP contribution in [0.5, 0.6) is 0 Å². The zero-order chi connectivity index (χ0) is 11.1. The van der Waals surface area contributed by atoms with E-state index in [4.69, 9.17) is 6.42 Å². The van der Waals surface area contributed by atoms with Gasteiger partial charge in [0.05, 0.1) is 6.54 Å². The van der Waals surface area contributed by atoms with Crippen molar-refractivity contribution in [3.63, 3.8) is 0 Å². The van der Waals surface area contributed by atoms with Gasteiger partial charge in [-0.2, -0.15) is 0 Å². The third-order valence-electron chi connectivity index (χ3n) is 3.04. The molecule has 0 atom stereocenters. The molecule has 1 saturated carbocycles. The molecule has 0 bridgehead atoms. The van der Waals surface area contributed by atoms with E-state index in [0.717, 1.165) is 25.8 Å². The van der Waals surface area contributed by atoms with Crippen molar-refractivity contribution in [2.45, 2.75) is 45.4 Å². The Morgan fingerprint density at radius 1 is 1.40 bits per heavy atom. The van der Waals surface area contributed by atoms with Crippen molar-refractivity contribution in [3.05, 3.63) is 0 Å². The van der Waals surface area contributed by atoms with Gasteiger partial charge in [-0.25, -0.2) is 0 Å². The lowest BCUT2D eigenvalue weighted by Gasteiger charge is -2.27. The largest absolute Gasteiger partial charge is 0.331 e. The second kappa shape index (κ2) is 6.50. The molecule has 0 N–H and O–H groups in total. The predicted octanol–water partition coefficient (Wildman–Crippen LogP) is 2.44. The maximum atomic E-state index is 12.1. The minimum Gasteiger partial charge on any atom is -0.331 e. The molecule has 0 saturated heterocycles. The number of amides is 1. The number of carbonyl (C=O) groups is 1. The maximum Gasteiger partial charge on any atom is 0.226 e. The van der Waals surface area contributed by atoms with Crippen LogP contribution in [-0.2, 0) is 4.79 Å². The quantitative estimate of drug-likeness (QED) is 0.648. The smallest absolute Gasteiger partial charge is 0.226 e. The highest BCUT2D eigenvalue weighted by molar-refractivity contribution is 5.79. The lowest BCUT2D eigenvalue weighted by atomic mass is 9.88. The molecule has 1 aliphatic carbocycles. The third kappa shape index (κ3) is 3.58. The predicted molar refractivity (Wildman–Crippen MR) is 62.3 cm³/mol. The van der Waals surface area contributed by atoms with E-state index in [1.54, 1.807) is 0 Å². The fraction of sp³-hybridized carbons (Fsp3) is 0.769. The van der Waals surface area contributed by atoms with Crippen LogP contribution in [0.15, 0.2) is 0 Å². The van der Waals surface area contributed by atoms with Gasteiger partial charge in [-0.05, 0) is 19.3 Å². The molecule has 0 spiro atoms. The molecule has 0 aliphatic heterocycles. The summed E-state index contributed by atoms with van der Waals surface area (Å²) in [5.74, 6) is 3.11. The van der Waals surface area contributed by atoms with Crippen LogP contribution in [0.3, 0.4) is 0 Å². The summed E-state index contributed by atoms with van der Waals surface area (Å²) in [7, 11) is 0. The maximum absolute atomic E-state index is 12.1. The number of carbonyl (C=O) groups excluding carboxylic acids is 1. The molecule has 0 heterocycles. The Labute approximate surface area is 93.0 Å². The monoisotopic (exact) mass is 207 g/mol. The molecular weight excluding hydrogens is 186 g/mol. The van der Waals surface area contributed by atoms with Gasteiger partial charge >= 0.3 is 0 Å². The molecule has 2 heteroatoms. The molecule has 0 unspecified atom stereocenters. The molecule has 1 rings (SSSR count). The summed E-state index contributed by atoms with van der Waals surface area (Å²) in [5.41, 5.74) is 0. The van der Waals surface area contributed by atoms with Crippen LogP contribution in [0, 0.1) is 18.3 Å². The van der Waals surface area contributed by atoms with Gasteiger partial charge in [0.15, 0.2) is 0 Å². The molecule has 0 radical (unpaired) electrons. The molecule has 15 heavy (non-hydrogen) atoms. The first kappa shape index (κ1) is 12.1. The Kier molecular flexibility index (Phi) is 5.25. The van der Waals surface area contributed by atoms with Crippen LogP contribution in [0.4, 0.5) is 0 Å². The Balaban J connectivity index is 2.50. The Bertz CT molecular complexity index is 235. The van der Waals surface area contributed by atoms with Crippen LogP contribution >= 0.6 is 0 Å². The fourth-order valence-electron chi connectivity index (χ4n) is 2.26. The number of nitrogens with zero attached hydrogens (tertiary/aromatic N) is 1. The molecule has 1 amide bonds. The first-order valence-corrected chi connectivity index (χ1v) is 6.01.